The van der Waals surface area contributed by atoms with Crippen molar-refractivity contribution in [3.05, 3.63) is 60.2 Å². The zero-order chi connectivity index (χ0) is 15.6. The van der Waals surface area contributed by atoms with E-state index in [9.17, 15) is 0 Å². The van der Waals surface area contributed by atoms with Gasteiger partial charge >= 0.3 is 0 Å². The number of aliphatic hydroxyl groups excluding tert-OH is 1. The van der Waals surface area contributed by atoms with Crippen molar-refractivity contribution in [2.24, 2.45) is 0 Å². The molecule has 0 fully saturated rings. The van der Waals surface area contributed by atoms with Gasteiger partial charge in [0.1, 0.15) is 0 Å². The van der Waals surface area contributed by atoms with Gasteiger partial charge in [0.15, 0.2) is 0 Å². The van der Waals surface area contributed by atoms with Gasteiger partial charge in [-0.05, 0) is 6.42 Å². The molecule has 0 bridgehead atoms. The molecule has 0 heterocycles. The van der Waals surface area contributed by atoms with Gasteiger partial charge in [0.05, 0.1) is 5.44 Å². The Hall–Kier alpha value is -0.511. The Morgan fingerprint density at radius 3 is 2.00 bits per heavy atom. The van der Waals surface area contributed by atoms with Crippen molar-refractivity contribution in [3.8, 4) is 0 Å². The average molecular weight is 362 g/mol. The zero-order valence-electron chi connectivity index (χ0n) is 13.5. The number of rotatable bonds is 6. The summed E-state index contributed by atoms with van der Waals surface area (Å²) in [5.74, 6) is 0. The zero-order valence-corrected chi connectivity index (χ0v) is 15.4. The Balaban J connectivity index is 0.000000622. The smallest absolute Gasteiger partial charge is 0.0847 e. The normalized spacial score (nSPS) is 12.0. The molecule has 0 saturated carbocycles. The third-order valence-corrected chi connectivity index (χ3v) is 3.88. The van der Waals surface area contributed by atoms with Gasteiger partial charge in [-0.15, -0.1) is 17.3 Å². The summed E-state index contributed by atoms with van der Waals surface area (Å²) < 4.78 is 5.97. The summed E-state index contributed by atoms with van der Waals surface area (Å²) in [6.45, 7) is 7.35. The molecule has 0 aliphatic carbocycles. The Morgan fingerprint density at radius 2 is 1.59 bits per heavy atom. The number of aliphatic hydroxyl groups is 1. The Morgan fingerprint density at radius 1 is 1.09 bits per heavy atom. The summed E-state index contributed by atoms with van der Waals surface area (Å²) in [5, 5.41) is 8.76. The molecule has 2 rings (SSSR count). The fraction of sp³-hybridized carbons (Fsp3) is 0.444. The summed E-state index contributed by atoms with van der Waals surface area (Å²) in [4.78, 5) is 0. The largest absolute Gasteiger partial charge is 0.748 e. The van der Waals surface area contributed by atoms with Crippen LogP contribution in [0.1, 0.15) is 38.2 Å². The van der Waals surface area contributed by atoms with E-state index in [2.05, 4.69) is 32.9 Å². The van der Waals surface area contributed by atoms with Crippen LogP contribution in [0, 0.1) is 0 Å². The second-order valence-electron chi connectivity index (χ2n) is 5.69. The number of ether oxygens (including phenoxy) is 1. The van der Waals surface area contributed by atoms with Gasteiger partial charge in [0, 0.05) is 35.0 Å². The molecular weight excluding hydrogens is 336 g/mol. The fourth-order valence-corrected chi connectivity index (χ4v) is 2.74. The molecule has 0 amide bonds. The fourth-order valence-electron chi connectivity index (χ4n) is 1.64. The van der Waals surface area contributed by atoms with Crippen molar-refractivity contribution >= 4 is 11.8 Å². The number of thioether (sulfide) groups is 1. The maximum Gasteiger partial charge on any atom is 0.0847 e. The van der Waals surface area contributed by atoms with Gasteiger partial charge in [-0.25, -0.2) is 12.1 Å². The van der Waals surface area contributed by atoms with Crippen molar-refractivity contribution in [3.63, 3.8) is 0 Å². The summed E-state index contributed by atoms with van der Waals surface area (Å²) in [6, 6.07) is 18.2. The molecule has 0 spiro atoms. The first kappa shape index (κ1) is 21.5. The minimum atomic E-state index is 0. The topological polar surface area (TPSA) is 29.5 Å². The van der Waals surface area contributed by atoms with E-state index in [0.29, 0.717) is 13.0 Å². The van der Waals surface area contributed by atoms with Crippen LogP contribution in [0.4, 0.5) is 0 Å². The number of hydrogen-bond acceptors (Lipinski definition) is 3. The second-order valence-corrected chi connectivity index (χ2v) is 7.58. The summed E-state index contributed by atoms with van der Waals surface area (Å²) in [6.07, 6.45) is 0.696. The molecule has 1 N–H and O–H groups in total. The van der Waals surface area contributed by atoms with Crippen LogP contribution in [0.5, 0.6) is 0 Å². The van der Waals surface area contributed by atoms with Crippen molar-refractivity contribution < 1.29 is 26.9 Å². The predicted molar refractivity (Wildman–Crippen MR) is 91.8 cm³/mol. The van der Waals surface area contributed by atoms with E-state index in [1.807, 2.05) is 42.5 Å². The Labute approximate surface area is 149 Å². The van der Waals surface area contributed by atoms with Gasteiger partial charge in [-0.3, -0.25) is 0 Å². The van der Waals surface area contributed by atoms with E-state index in [-0.39, 0.29) is 33.9 Å². The summed E-state index contributed by atoms with van der Waals surface area (Å²) >= 11 is 1.81. The Kier molecular flexibility index (Phi) is 11.7. The van der Waals surface area contributed by atoms with Crippen molar-refractivity contribution in [2.75, 3.05) is 13.2 Å². The molecule has 0 aromatic heterocycles. The third kappa shape index (κ3) is 10.3. The van der Waals surface area contributed by atoms with Crippen molar-refractivity contribution in [2.45, 2.75) is 37.4 Å². The van der Waals surface area contributed by atoms with Crippen molar-refractivity contribution in [1.29, 1.82) is 0 Å². The van der Waals surface area contributed by atoms with E-state index < -0.39 is 0 Å². The maximum absolute atomic E-state index is 8.76. The molecule has 1 unspecified atom stereocenters. The van der Waals surface area contributed by atoms with Gasteiger partial charge in [0.25, 0.3) is 0 Å². The minimum Gasteiger partial charge on any atom is -0.748 e. The molecule has 0 aliphatic rings. The molecular formula is C18H26FeO2S-6. The molecule has 0 aliphatic heterocycles. The van der Waals surface area contributed by atoms with Gasteiger partial charge in [-0.1, -0.05) is 20.8 Å². The first-order valence-corrected chi connectivity index (χ1v) is 8.19. The Bertz CT molecular complexity index is 415. The first-order valence-electron chi connectivity index (χ1n) is 7.31. The SMILES string of the molecule is CC(C)(C)SC(OCCCO)[c-]1cccc1.[Fe].[cH-]1[cH-][cH-][cH-][cH-]1. The standard InChI is InChI=1S/C13H21O2S.C5H5.Fe/c1-13(2,3)16-12(15-10-6-9-14)11-7-4-5-8-11;1-2-4-5-3-1;/h4-5,7-8,12,14H,6,9-10H2,1-3H3;1-5H;/q-1;-5;. The molecule has 0 saturated heterocycles. The van der Waals surface area contributed by atoms with Gasteiger partial charge in [0.2, 0.25) is 0 Å². The van der Waals surface area contributed by atoms with Crippen LogP contribution in [0.25, 0.3) is 0 Å². The molecule has 4 heteroatoms. The summed E-state index contributed by atoms with van der Waals surface area (Å²) in [7, 11) is 0. The number of hydrogen-bond donors (Lipinski definition) is 1. The molecule has 22 heavy (non-hydrogen) atoms. The van der Waals surface area contributed by atoms with Gasteiger partial charge in [-0.2, -0.15) is 12.1 Å². The predicted octanol–water partition coefficient (Wildman–Crippen LogP) is 4.74. The van der Waals surface area contributed by atoms with E-state index in [1.54, 1.807) is 11.8 Å². The second kappa shape index (κ2) is 12.0. The molecule has 2 aromatic carbocycles. The van der Waals surface area contributed by atoms with E-state index in [1.165, 1.54) is 5.56 Å². The quantitative estimate of drug-likeness (QED) is 0.348. The molecule has 2 nitrogen and oxygen atoms in total. The van der Waals surface area contributed by atoms with Gasteiger partial charge < -0.3 is 40.2 Å². The molecule has 1 atom stereocenters. The van der Waals surface area contributed by atoms with E-state index in [0.717, 1.165) is 0 Å². The van der Waals surface area contributed by atoms with Crippen LogP contribution in [0.2, 0.25) is 0 Å². The summed E-state index contributed by atoms with van der Waals surface area (Å²) in [5.41, 5.74) is 1.28. The first-order chi connectivity index (χ1) is 10.0. The van der Waals surface area contributed by atoms with E-state index in [4.69, 9.17) is 9.84 Å². The monoisotopic (exact) mass is 362 g/mol. The van der Waals surface area contributed by atoms with Crippen LogP contribution < -0.4 is 0 Å². The minimum absolute atomic E-state index is 0. The maximum atomic E-state index is 8.76. The molecule has 0 radical (unpaired) electrons. The van der Waals surface area contributed by atoms with Crippen LogP contribution in [0.3, 0.4) is 0 Å². The van der Waals surface area contributed by atoms with Crippen molar-refractivity contribution in [1.82, 2.24) is 0 Å². The third-order valence-electron chi connectivity index (χ3n) is 2.55. The molecule has 2 aromatic rings. The van der Waals surface area contributed by atoms with Crippen LogP contribution in [-0.2, 0) is 21.8 Å². The van der Waals surface area contributed by atoms with Crippen LogP contribution in [-0.4, -0.2) is 23.1 Å². The molecule has 130 valence electrons. The van der Waals surface area contributed by atoms with Crippen LogP contribution >= 0.6 is 11.8 Å². The van der Waals surface area contributed by atoms with Crippen LogP contribution in [0.15, 0.2) is 54.6 Å². The van der Waals surface area contributed by atoms with E-state index >= 15 is 0 Å². The average Bonchev–Trinajstić information content (AvgIpc) is 3.12.